The highest BCUT2D eigenvalue weighted by Crippen LogP contribution is 2.31. The summed E-state index contributed by atoms with van der Waals surface area (Å²) in [4.78, 5) is 0. The Bertz CT molecular complexity index is 342. The Kier molecular flexibility index (Phi) is 4.15. The van der Waals surface area contributed by atoms with Crippen molar-refractivity contribution in [3.8, 4) is 6.07 Å². The van der Waals surface area contributed by atoms with Crippen molar-refractivity contribution in [1.82, 2.24) is 0 Å². The Hall–Kier alpha value is -0.560. The fourth-order valence-electron chi connectivity index (χ4n) is 2.17. The van der Waals surface area contributed by atoms with Gasteiger partial charge in [-0.1, -0.05) is 19.8 Å². The van der Waals surface area contributed by atoms with Gasteiger partial charge in [-0.05, 0) is 26.2 Å². The van der Waals surface area contributed by atoms with Crippen LogP contribution in [0.2, 0.25) is 0 Å². The zero-order valence-electron chi connectivity index (χ0n) is 9.44. The van der Waals surface area contributed by atoms with Crippen LogP contribution in [0.3, 0.4) is 0 Å². The topological polar surface area (TPSA) is 57.9 Å². The van der Waals surface area contributed by atoms with Crippen molar-refractivity contribution in [3.05, 3.63) is 0 Å². The molecule has 1 saturated carbocycles. The number of hydrogen-bond donors (Lipinski definition) is 0. The monoisotopic (exact) mass is 229 g/mol. The Morgan fingerprint density at radius 1 is 1.40 bits per heavy atom. The van der Waals surface area contributed by atoms with Gasteiger partial charge in [0.2, 0.25) is 0 Å². The van der Waals surface area contributed by atoms with Crippen LogP contribution in [-0.4, -0.2) is 18.9 Å². The second-order valence-electron chi connectivity index (χ2n) is 4.37. The predicted octanol–water partition coefficient (Wildman–Crippen LogP) is 2.28. The molecule has 3 atom stereocenters. The molecular weight excluding hydrogens is 210 g/mol. The summed E-state index contributed by atoms with van der Waals surface area (Å²) in [5.41, 5.74) is 0. The van der Waals surface area contributed by atoms with Gasteiger partial charge in [-0.3, -0.25) is 0 Å². The third kappa shape index (κ3) is 2.52. The third-order valence-electron chi connectivity index (χ3n) is 3.43. The van der Waals surface area contributed by atoms with Crippen molar-refractivity contribution in [2.24, 2.45) is 5.92 Å². The summed E-state index contributed by atoms with van der Waals surface area (Å²) in [5.74, 6) is -0.280. The molecule has 1 fully saturated rings. The lowest BCUT2D eigenvalue weighted by atomic mass is 9.90. The molecule has 0 N–H and O–H groups in total. The van der Waals surface area contributed by atoms with Gasteiger partial charge in [-0.25, -0.2) is 8.42 Å². The molecule has 0 aliphatic heterocycles. The average Bonchev–Trinajstić information content (AvgIpc) is 2.27. The first-order valence-electron chi connectivity index (χ1n) is 5.66. The number of sulfone groups is 1. The quantitative estimate of drug-likeness (QED) is 0.746. The zero-order valence-corrected chi connectivity index (χ0v) is 10.3. The van der Waals surface area contributed by atoms with E-state index in [-0.39, 0.29) is 11.2 Å². The molecule has 4 heteroatoms. The molecule has 0 spiro atoms. The lowest BCUT2D eigenvalue weighted by Gasteiger charge is -2.28. The van der Waals surface area contributed by atoms with E-state index in [0.29, 0.717) is 12.8 Å². The van der Waals surface area contributed by atoms with Crippen LogP contribution in [0.4, 0.5) is 0 Å². The first-order valence-corrected chi connectivity index (χ1v) is 7.27. The first kappa shape index (κ1) is 12.5. The van der Waals surface area contributed by atoms with Gasteiger partial charge in [0.05, 0.1) is 22.5 Å². The minimum absolute atomic E-state index is 0.280. The van der Waals surface area contributed by atoms with Crippen molar-refractivity contribution < 1.29 is 8.42 Å². The van der Waals surface area contributed by atoms with E-state index in [1.54, 1.807) is 6.92 Å². The van der Waals surface area contributed by atoms with Crippen molar-refractivity contribution in [2.45, 2.75) is 56.5 Å². The van der Waals surface area contributed by atoms with Gasteiger partial charge in [0.25, 0.3) is 0 Å². The molecule has 1 aliphatic carbocycles. The van der Waals surface area contributed by atoms with Crippen LogP contribution in [0.25, 0.3) is 0 Å². The standard InChI is InChI=1S/C11H19NO2S/c1-3-9(2)15(13,14)11-7-5-4-6-10(11)8-12/h9-11H,3-7H2,1-2H3. The smallest absolute Gasteiger partial charge is 0.157 e. The molecular formula is C11H19NO2S. The number of hydrogen-bond acceptors (Lipinski definition) is 3. The van der Waals surface area contributed by atoms with E-state index in [1.807, 2.05) is 6.92 Å². The molecule has 0 radical (unpaired) electrons. The molecule has 0 amide bonds. The molecule has 0 saturated heterocycles. The maximum atomic E-state index is 12.1. The number of rotatable bonds is 3. The second kappa shape index (κ2) is 4.98. The summed E-state index contributed by atoms with van der Waals surface area (Å²) >= 11 is 0. The summed E-state index contributed by atoms with van der Waals surface area (Å²) in [6.45, 7) is 3.63. The Balaban J connectivity index is 2.90. The Labute approximate surface area is 92.4 Å². The average molecular weight is 229 g/mol. The highest BCUT2D eigenvalue weighted by atomic mass is 32.2. The van der Waals surface area contributed by atoms with Gasteiger partial charge in [-0.15, -0.1) is 0 Å². The summed E-state index contributed by atoms with van der Waals surface area (Å²) in [6.07, 6.45) is 3.99. The largest absolute Gasteiger partial charge is 0.228 e. The van der Waals surface area contributed by atoms with Crippen LogP contribution in [0, 0.1) is 17.2 Å². The molecule has 0 aromatic heterocycles. The van der Waals surface area contributed by atoms with Gasteiger partial charge in [-0.2, -0.15) is 5.26 Å². The minimum Gasteiger partial charge on any atom is -0.228 e. The van der Waals surface area contributed by atoms with E-state index in [0.717, 1.165) is 19.3 Å². The molecule has 1 aliphatic rings. The van der Waals surface area contributed by atoms with Crippen molar-refractivity contribution in [2.75, 3.05) is 0 Å². The molecule has 15 heavy (non-hydrogen) atoms. The molecule has 86 valence electrons. The van der Waals surface area contributed by atoms with Gasteiger partial charge in [0, 0.05) is 0 Å². The molecule has 0 bridgehead atoms. The SMILES string of the molecule is CCC(C)S(=O)(=O)C1CCCCC1C#N. The third-order valence-corrected chi connectivity index (χ3v) is 6.29. The Morgan fingerprint density at radius 2 is 2.00 bits per heavy atom. The van der Waals surface area contributed by atoms with Gasteiger partial charge < -0.3 is 0 Å². The van der Waals surface area contributed by atoms with Gasteiger partial charge >= 0.3 is 0 Å². The minimum atomic E-state index is -3.10. The fraction of sp³-hybridized carbons (Fsp3) is 0.909. The molecule has 3 unspecified atom stereocenters. The van der Waals surface area contributed by atoms with Gasteiger partial charge in [0.15, 0.2) is 9.84 Å². The summed E-state index contributed by atoms with van der Waals surface area (Å²) in [7, 11) is -3.10. The maximum absolute atomic E-state index is 12.1. The second-order valence-corrected chi connectivity index (χ2v) is 6.95. The van der Waals surface area contributed by atoms with Crippen molar-refractivity contribution in [3.63, 3.8) is 0 Å². The fourth-order valence-corrected chi connectivity index (χ4v) is 4.38. The van der Waals surface area contributed by atoms with E-state index in [4.69, 9.17) is 5.26 Å². The van der Waals surface area contributed by atoms with E-state index in [9.17, 15) is 8.42 Å². The van der Waals surface area contributed by atoms with E-state index in [2.05, 4.69) is 6.07 Å². The molecule has 1 rings (SSSR count). The molecule has 0 heterocycles. The van der Waals surface area contributed by atoms with E-state index in [1.165, 1.54) is 0 Å². The predicted molar refractivity (Wildman–Crippen MR) is 60.0 cm³/mol. The molecule has 3 nitrogen and oxygen atoms in total. The summed E-state index contributed by atoms with van der Waals surface area (Å²) in [5, 5.41) is 8.25. The van der Waals surface area contributed by atoms with Crippen LogP contribution >= 0.6 is 0 Å². The summed E-state index contributed by atoms with van der Waals surface area (Å²) in [6, 6.07) is 2.16. The van der Waals surface area contributed by atoms with E-state index >= 15 is 0 Å². The van der Waals surface area contributed by atoms with Crippen molar-refractivity contribution >= 4 is 9.84 Å². The molecule has 0 aromatic carbocycles. The van der Waals surface area contributed by atoms with Crippen LogP contribution in [0.5, 0.6) is 0 Å². The van der Waals surface area contributed by atoms with E-state index < -0.39 is 15.1 Å². The Morgan fingerprint density at radius 3 is 2.53 bits per heavy atom. The highest BCUT2D eigenvalue weighted by Gasteiger charge is 2.37. The van der Waals surface area contributed by atoms with Gasteiger partial charge in [0.1, 0.15) is 0 Å². The normalized spacial score (nSPS) is 29.4. The number of nitriles is 1. The first-order chi connectivity index (χ1) is 7.04. The van der Waals surface area contributed by atoms with Crippen LogP contribution in [-0.2, 0) is 9.84 Å². The maximum Gasteiger partial charge on any atom is 0.157 e. The van der Waals surface area contributed by atoms with Crippen LogP contribution in [0.1, 0.15) is 46.0 Å². The lowest BCUT2D eigenvalue weighted by Crippen LogP contribution is -2.37. The number of nitrogens with zero attached hydrogens (tertiary/aromatic N) is 1. The highest BCUT2D eigenvalue weighted by molar-refractivity contribution is 7.92. The lowest BCUT2D eigenvalue weighted by molar-refractivity contribution is 0.415. The van der Waals surface area contributed by atoms with Crippen molar-refractivity contribution in [1.29, 1.82) is 5.26 Å². The zero-order chi connectivity index (χ0) is 11.5. The summed E-state index contributed by atoms with van der Waals surface area (Å²) < 4.78 is 24.3. The van der Waals surface area contributed by atoms with Crippen LogP contribution < -0.4 is 0 Å². The molecule has 0 aromatic rings. The van der Waals surface area contributed by atoms with Crippen LogP contribution in [0.15, 0.2) is 0 Å².